The van der Waals surface area contributed by atoms with Crippen LogP contribution >= 0.6 is 0 Å². The lowest BCUT2D eigenvalue weighted by Crippen LogP contribution is -2.11. The van der Waals surface area contributed by atoms with Crippen molar-refractivity contribution in [3.8, 4) is 5.75 Å². The Bertz CT molecular complexity index is 647. The Labute approximate surface area is 126 Å². The van der Waals surface area contributed by atoms with Crippen LogP contribution in [0.2, 0.25) is 0 Å². The Balaban J connectivity index is 2.26. The maximum absolute atomic E-state index is 13.3. The minimum Gasteiger partial charge on any atom is -0.488 e. The molecule has 0 radical (unpaired) electrons. The van der Waals surface area contributed by atoms with Crippen LogP contribution in [0.25, 0.3) is 0 Å². The molecule has 0 saturated carbocycles. The molecular formula is C17H16F4O. The summed E-state index contributed by atoms with van der Waals surface area (Å²) in [5, 5.41) is 0. The van der Waals surface area contributed by atoms with Crippen molar-refractivity contribution in [1.29, 1.82) is 0 Å². The van der Waals surface area contributed by atoms with Crippen LogP contribution in [-0.4, -0.2) is 0 Å². The van der Waals surface area contributed by atoms with Gasteiger partial charge in [0.25, 0.3) is 0 Å². The zero-order valence-electron chi connectivity index (χ0n) is 12.2. The lowest BCUT2D eigenvalue weighted by Gasteiger charge is -2.16. The molecule has 0 unspecified atom stereocenters. The molecular weight excluding hydrogens is 296 g/mol. The molecule has 0 atom stereocenters. The van der Waals surface area contributed by atoms with Crippen LogP contribution in [0, 0.1) is 5.82 Å². The maximum Gasteiger partial charge on any atom is 0.416 e. The third-order valence-electron chi connectivity index (χ3n) is 3.30. The van der Waals surface area contributed by atoms with Gasteiger partial charge in [0.2, 0.25) is 0 Å². The molecule has 5 heteroatoms. The zero-order valence-corrected chi connectivity index (χ0v) is 12.2. The van der Waals surface area contributed by atoms with Gasteiger partial charge in [0.05, 0.1) is 5.56 Å². The average molecular weight is 312 g/mol. The van der Waals surface area contributed by atoms with E-state index in [-0.39, 0.29) is 23.8 Å². The summed E-state index contributed by atoms with van der Waals surface area (Å²) in [5.41, 5.74) is 0.0392. The van der Waals surface area contributed by atoms with E-state index in [0.717, 1.165) is 11.6 Å². The highest BCUT2D eigenvalue weighted by Gasteiger charge is 2.33. The molecule has 0 heterocycles. The second-order valence-corrected chi connectivity index (χ2v) is 5.28. The molecule has 1 nitrogen and oxygen atoms in total. The van der Waals surface area contributed by atoms with Crippen molar-refractivity contribution in [3.63, 3.8) is 0 Å². The first-order valence-electron chi connectivity index (χ1n) is 6.86. The monoisotopic (exact) mass is 312 g/mol. The Hall–Kier alpha value is -2.04. The summed E-state index contributed by atoms with van der Waals surface area (Å²) in [6.45, 7) is 3.55. The fourth-order valence-corrected chi connectivity index (χ4v) is 2.19. The second-order valence-electron chi connectivity index (χ2n) is 5.28. The van der Waals surface area contributed by atoms with Crippen LogP contribution in [0.4, 0.5) is 17.6 Å². The molecule has 2 rings (SSSR count). The number of halogens is 4. The summed E-state index contributed by atoms with van der Waals surface area (Å²) < 4.78 is 57.6. The lowest BCUT2D eigenvalue weighted by atomic mass is 10.0. The fraction of sp³-hybridized carbons (Fsp3) is 0.294. The van der Waals surface area contributed by atoms with E-state index < -0.39 is 17.6 Å². The van der Waals surface area contributed by atoms with E-state index in [4.69, 9.17) is 4.74 Å². The molecule has 0 aliphatic heterocycles. The van der Waals surface area contributed by atoms with Gasteiger partial charge in [-0.05, 0) is 23.6 Å². The largest absolute Gasteiger partial charge is 0.488 e. The number of hydrogen-bond acceptors (Lipinski definition) is 1. The smallest absolute Gasteiger partial charge is 0.416 e. The van der Waals surface area contributed by atoms with Crippen LogP contribution in [0.3, 0.4) is 0 Å². The van der Waals surface area contributed by atoms with Crippen molar-refractivity contribution in [1.82, 2.24) is 0 Å². The van der Waals surface area contributed by atoms with Crippen molar-refractivity contribution in [2.24, 2.45) is 0 Å². The van der Waals surface area contributed by atoms with Crippen LogP contribution < -0.4 is 4.74 Å². The summed E-state index contributed by atoms with van der Waals surface area (Å²) in [5.74, 6) is -0.135. The standard InChI is InChI=1S/C17H16F4O/c1-11(2)14-8-7-13(18)9-16(14)22-10-12-5-3-4-6-15(12)17(19,20)21/h3-9,11H,10H2,1-2H3. The Morgan fingerprint density at radius 2 is 1.73 bits per heavy atom. The zero-order chi connectivity index (χ0) is 16.3. The molecule has 0 aromatic heterocycles. The van der Waals surface area contributed by atoms with E-state index in [1.54, 1.807) is 6.07 Å². The van der Waals surface area contributed by atoms with E-state index in [1.807, 2.05) is 13.8 Å². The summed E-state index contributed by atoms with van der Waals surface area (Å²) in [6.07, 6.45) is -4.44. The van der Waals surface area contributed by atoms with Crippen molar-refractivity contribution < 1.29 is 22.3 Å². The van der Waals surface area contributed by atoms with Crippen molar-refractivity contribution in [2.45, 2.75) is 32.5 Å². The molecule has 2 aromatic rings. The summed E-state index contributed by atoms with van der Waals surface area (Å²) >= 11 is 0. The van der Waals surface area contributed by atoms with Crippen molar-refractivity contribution in [2.75, 3.05) is 0 Å². The van der Waals surface area contributed by atoms with Gasteiger partial charge in [0.15, 0.2) is 0 Å². The third-order valence-corrected chi connectivity index (χ3v) is 3.30. The lowest BCUT2D eigenvalue weighted by molar-refractivity contribution is -0.138. The molecule has 0 spiro atoms. The Kier molecular flexibility index (Phi) is 4.74. The predicted molar refractivity (Wildman–Crippen MR) is 76.3 cm³/mol. The topological polar surface area (TPSA) is 9.23 Å². The molecule has 2 aromatic carbocycles. The first-order valence-corrected chi connectivity index (χ1v) is 6.86. The molecule has 118 valence electrons. The number of rotatable bonds is 4. The van der Waals surface area contributed by atoms with Gasteiger partial charge in [-0.15, -0.1) is 0 Å². The van der Waals surface area contributed by atoms with Gasteiger partial charge in [0, 0.05) is 11.6 Å². The van der Waals surface area contributed by atoms with Gasteiger partial charge in [-0.2, -0.15) is 13.2 Å². The van der Waals surface area contributed by atoms with Crippen LogP contribution in [0.15, 0.2) is 42.5 Å². The van der Waals surface area contributed by atoms with E-state index in [1.165, 1.54) is 30.3 Å². The third kappa shape index (κ3) is 3.78. The van der Waals surface area contributed by atoms with E-state index in [2.05, 4.69) is 0 Å². The first-order chi connectivity index (χ1) is 10.3. The highest BCUT2D eigenvalue weighted by Crippen LogP contribution is 2.33. The Morgan fingerprint density at radius 3 is 2.36 bits per heavy atom. The highest BCUT2D eigenvalue weighted by molar-refractivity contribution is 5.37. The molecule has 22 heavy (non-hydrogen) atoms. The molecule has 0 saturated heterocycles. The first kappa shape index (κ1) is 16.3. The SMILES string of the molecule is CC(C)c1ccc(F)cc1OCc1ccccc1C(F)(F)F. The second kappa shape index (κ2) is 6.38. The normalized spacial score (nSPS) is 11.8. The number of benzene rings is 2. The molecule has 0 N–H and O–H groups in total. The summed E-state index contributed by atoms with van der Waals surface area (Å²) in [6, 6.07) is 9.31. The minimum absolute atomic E-state index is 0.0222. The maximum atomic E-state index is 13.3. The fourth-order valence-electron chi connectivity index (χ4n) is 2.19. The van der Waals surface area contributed by atoms with Gasteiger partial charge in [-0.3, -0.25) is 0 Å². The predicted octanol–water partition coefficient (Wildman–Crippen LogP) is 5.55. The van der Waals surface area contributed by atoms with Gasteiger partial charge in [0.1, 0.15) is 18.2 Å². The van der Waals surface area contributed by atoms with Gasteiger partial charge in [-0.1, -0.05) is 38.1 Å². The average Bonchev–Trinajstić information content (AvgIpc) is 2.44. The van der Waals surface area contributed by atoms with Crippen molar-refractivity contribution in [3.05, 3.63) is 65.0 Å². The van der Waals surface area contributed by atoms with E-state index in [9.17, 15) is 17.6 Å². The van der Waals surface area contributed by atoms with Crippen LogP contribution in [0.1, 0.15) is 36.5 Å². The van der Waals surface area contributed by atoms with Crippen LogP contribution in [0.5, 0.6) is 5.75 Å². The minimum atomic E-state index is -4.44. The molecule has 0 aliphatic rings. The molecule has 0 aliphatic carbocycles. The van der Waals surface area contributed by atoms with E-state index >= 15 is 0 Å². The quantitative estimate of drug-likeness (QED) is 0.673. The van der Waals surface area contributed by atoms with Gasteiger partial charge >= 0.3 is 6.18 Å². The number of hydrogen-bond donors (Lipinski definition) is 0. The summed E-state index contributed by atoms with van der Waals surface area (Å²) in [7, 11) is 0. The highest BCUT2D eigenvalue weighted by atomic mass is 19.4. The number of alkyl halides is 3. The van der Waals surface area contributed by atoms with Gasteiger partial charge in [-0.25, -0.2) is 4.39 Å². The van der Waals surface area contributed by atoms with Gasteiger partial charge < -0.3 is 4.74 Å². The summed E-state index contributed by atoms with van der Waals surface area (Å²) in [4.78, 5) is 0. The van der Waals surface area contributed by atoms with Crippen LogP contribution in [-0.2, 0) is 12.8 Å². The van der Waals surface area contributed by atoms with Crippen molar-refractivity contribution >= 4 is 0 Å². The number of ether oxygens (including phenoxy) is 1. The molecule has 0 fully saturated rings. The molecule has 0 amide bonds. The molecule has 0 bridgehead atoms. The Morgan fingerprint density at radius 1 is 1.05 bits per heavy atom. The van der Waals surface area contributed by atoms with E-state index in [0.29, 0.717) is 0 Å².